The fourth-order valence-corrected chi connectivity index (χ4v) is 1.26. The van der Waals surface area contributed by atoms with Crippen molar-refractivity contribution >= 4 is 0 Å². The summed E-state index contributed by atoms with van der Waals surface area (Å²) in [6, 6.07) is 0.505. The normalized spacial score (nSPS) is 22.7. The van der Waals surface area contributed by atoms with Gasteiger partial charge in [0.1, 0.15) is 0 Å². The number of hydrogen-bond donors (Lipinski definition) is 1. The molecule has 1 atom stereocenters. The average molecular weight is 127 g/mol. The van der Waals surface area contributed by atoms with Crippen LogP contribution in [0.3, 0.4) is 0 Å². The second-order valence-electron chi connectivity index (χ2n) is 3.63. The van der Waals surface area contributed by atoms with E-state index in [0.29, 0.717) is 6.04 Å². The quantitative estimate of drug-likeness (QED) is 0.614. The summed E-state index contributed by atoms with van der Waals surface area (Å²) < 4.78 is 0. The van der Waals surface area contributed by atoms with E-state index in [-0.39, 0.29) is 0 Å². The van der Waals surface area contributed by atoms with Crippen LogP contribution in [0.15, 0.2) is 0 Å². The van der Waals surface area contributed by atoms with Gasteiger partial charge in [0, 0.05) is 6.04 Å². The second kappa shape index (κ2) is 2.70. The highest BCUT2D eigenvalue weighted by Crippen LogP contribution is 2.33. The molecule has 0 amide bonds. The van der Waals surface area contributed by atoms with Crippen molar-refractivity contribution in [3.05, 3.63) is 0 Å². The molecule has 0 saturated heterocycles. The molecule has 1 aliphatic carbocycles. The van der Waals surface area contributed by atoms with Crippen LogP contribution in [0.1, 0.15) is 33.1 Å². The summed E-state index contributed by atoms with van der Waals surface area (Å²) in [7, 11) is 0. The monoisotopic (exact) mass is 127 g/mol. The van der Waals surface area contributed by atoms with Crippen molar-refractivity contribution in [2.45, 2.75) is 39.2 Å². The van der Waals surface area contributed by atoms with Crippen molar-refractivity contribution < 1.29 is 0 Å². The van der Waals surface area contributed by atoms with E-state index < -0.39 is 0 Å². The lowest BCUT2D eigenvalue weighted by Gasteiger charge is -2.11. The molecule has 1 saturated carbocycles. The van der Waals surface area contributed by atoms with E-state index >= 15 is 0 Å². The molecule has 0 heterocycles. The van der Waals surface area contributed by atoms with Crippen molar-refractivity contribution in [2.24, 2.45) is 17.6 Å². The molecule has 1 heteroatoms. The van der Waals surface area contributed by atoms with E-state index in [2.05, 4.69) is 13.8 Å². The van der Waals surface area contributed by atoms with Gasteiger partial charge in [0.25, 0.3) is 0 Å². The molecule has 0 aromatic heterocycles. The van der Waals surface area contributed by atoms with Gasteiger partial charge in [-0.25, -0.2) is 0 Å². The summed E-state index contributed by atoms with van der Waals surface area (Å²) in [5.41, 5.74) is 5.88. The van der Waals surface area contributed by atoms with E-state index in [1.54, 1.807) is 0 Å². The molecule has 1 nitrogen and oxygen atoms in total. The van der Waals surface area contributed by atoms with Gasteiger partial charge in [-0.3, -0.25) is 0 Å². The molecule has 0 spiro atoms. The van der Waals surface area contributed by atoms with Gasteiger partial charge >= 0.3 is 0 Å². The number of hydrogen-bond acceptors (Lipinski definition) is 1. The molecule has 1 fully saturated rings. The van der Waals surface area contributed by atoms with Crippen LogP contribution in [-0.2, 0) is 0 Å². The third kappa shape index (κ3) is 2.35. The van der Waals surface area contributed by atoms with Crippen LogP contribution in [0.5, 0.6) is 0 Å². The SMILES string of the molecule is CC(C)C[C@@H](N)C1CC1. The minimum atomic E-state index is 0.505. The minimum absolute atomic E-state index is 0.505. The zero-order valence-electron chi connectivity index (χ0n) is 6.43. The predicted molar refractivity (Wildman–Crippen MR) is 40.2 cm³/mol. The van der Waals surface area contributed by atoms with Crippen LogP contribution in [0.2, 0.25) is 0 Å². The van der Waals surface area contributed by atoms with Crippen LogP contribution >= 0.6 is 0 Å². The van der Waals surface area contributed by atoms with Gasteiger partial charge in [0.05, 0.1) is 0 Å². The maximum atomic E-state index is 5.88. The molecule has 0 aliphatic heterocycles. The molecule has 9 heavy (non-hydrogen) atoms. The molecule has 54 valence electrons. The van der Waals surface area contributed by atoms with E-state index in [9.17, 15) is 0 Å². The molecule has 0 radical (unpaired) electrons. The molecule has 1 aliphatic rings. The molecule has 2 N–H and O–H groups in total. The highest BCUT2D eigenvalue weighted by atomic mass is 14.7. The van der Waals surface area contributed by atoms with Crippen LogP contribution < -0.4 is 5.73 Å². The summed E-state index contributed by atoms with van der Waals surface area (Å²) in [6.07, 6.45) is 3.98. The van der Waals surface area contributed by atoms with Crippen LogP contribution in [0.4, 0.5) is 0 Å². The Morgan fingerprint density at radius 3 is 2.33 bits per heavy atom. The highest BCUT2D eigenvalue weighted by molar-refractivity contribution is 4.84. The smallest absolute Gasteiger partial charge is 0.00695 e. The second-order valence-corrected chi connectivity index (χ2v) is 3.63. The van der Waals surface area contributed by atoms with E-state index in [4.69, 9.17) is 5.73 Å². The van der Waals surface area contributed by atoms with Crippen LogP contribution in [0, 0.1) is 11.8 Å². The van der Waals surface area contributed by atoms with Crippen LogP contribution in [-0.4, -0.2) is 6.04 Å². The van der Waals surface area contributed by atoms with Gasteiger partial charge in [-0.2, -0.15) is 0 Å². The predicted octanol–water partition coefficient (Wildman–Crippen LogP) is 1.77. The van der Waals surface area contributed by atoms with Crippen molar-refractivity contribution in [1.82, 2.24) is 0 Å². The summed E-state index contributed by atoms with van der Waals surface area (Å²) in [6.45, 7) is 4.48. The van der Waals surface area contributed by atoms with Gasteiger partial charge in [0.2, 0.25) is 0 Å². The van der Waals surface area contributed by atoms with Crippen LogP contribution in [0.25, 0.3) is 0 Å². The standard InChI is InChI=1S/C8H17N/c1-6(2)5-8(9)7-3-4-7/h6-8H,3-5,9H2,1-2H3/t8-/m1/s1. The zero-order chi connectivity index (χ0) is 6.85. The van der Waals surface area contributed by atoms with E-state index in [1.807, 2.05) is 0 Å². The molecular formula is C8H17N. The third-order valence-corrected chi connectivity index (χ3v) is 1.97. The Labute approximate surface area is 57.6 Å². The highest BCUT2D eigenvalue weighted by Gasteiger charge is 2.28. The maximum absolute atomic E-state index is 5.88. The largest absolute Gasteiger partial charge is 0.327 e. The van der Waals surface area contributed by atoms with E-state index in [0.717, 1.165) is 11.8 Å². The fourth-order valence-electron chi connectivity index (χ4n) is 1.26. The Morgan fingerprint density at radius 1 is 1.44 bits per heavy atom. The summed E-state index contributed by atoms with van der Waals surface area (Å²) in [5.74, 6) is 1.66. The Balaban J connectivity index is 2.10. The Morgan fingerprint density at radius 2 is 2.00 bits per heavy atom. The Hall–Kier alpha value is -0.0400. The summed E-state index contributed by atoms with van der Waals surface area (Å²) >= 11 is 0. The van der Waals surface area contributed by atoms with Gasteiger partial charge in [0.15, 0.2) is 0 Å². The van der Waals surface area contributed by atoms with Gasteiger partial charge in [-0.05, 0) is 31.1 Å². The maximum Gasteiger partial charge on any atom is 0.00695 e. The molecule has 0 unspecified atom stereocenters. The van der Waals surface area contributed by atoms with Gasteiger partial charge in [-0.15, -0.1) is 0 Å². The third-order valence-electron chi connectivity index (χ3n) is 1.97. The molecular weight excluding hydrogens is 110 g/mol. The topological polar surface area (TPSA) is 26.0 Å². The number of nitrogens with two attached hydrogens (primary N) is 1. The lowest BCUT2D eigenvalue weighted by molar-refractivity contribution is 0.459. The molecule has 0 bridgehead atoms. The zero-order valence-corrected chi connectivity index (χ0v) is 6.43. The molecule has 1 rings (SSSR count). The van der Waals surface area contributed by atoms with Gasteiger partial charge < -0.3 is 5.73 Å². The first-order valence-electron chi connectivity index (χ1n) is 3.95. The van der Waals surface area contributed by atoms with Crippen molar-refractivity contribution in [3.63, 3.8) is 0 Å². The Kier molecular flexibility index (Phi) is 2.12. The van der Waals surface area contributed by atoms with Gasteiger partial charge in [-0.1, -0.05) is 13.8 Å². The lowest BCUT2D eigenvalue weighted by atomic mass is 10.0. The van der Waals surface area contributed by atoms with Crippen molar-refractivity contribution in [1.29, 1.82) is 0 Å². The lowest BCUT2D eigenvalue weighted by Crippen LogP contribution is -2.23. The fraction of sp³-hybridized carbons (Fsp3) is 1.00. The average Bonchev–Trinajstić information content (AvgIpc) is 2.40. The minimum Gasteiger partial charge on any atom is -0.327 e. The summed E-state index contributed by atoms with van der Waals surface area (Å²) in [5, 5.41) is 0. The first-order chi connectivity index (χ1) is 4.20. The first kappa shape index (κ1) is 7.07. The molecule has 0 aromatic rings. The van der Waals surface area contributed by atoms with Crippen molar-refractivity contribution in [2.75, 3.05) is 0 Å². The number of rotatable bonds is 3. The van der Waals surface area contributed by atoms with Crippen molar-refractivity contribution in [3.8, 4) is 0 Å². The molecule has 0 aromatic carbocycles. The Bertz CT molecular complexity index is 84.6. The van der Waals surface area contributed by atoms with E-state index in [1.165, 1.54) is 19.3 Å². The first-order valence-corrected chi connectivity index (χ1v) is 3.95. The summed E-state index contributed by atoms with van der Waals surface area (Å²) in [4.78, 5) is 0.